The smallest absolute Gasteiger partial charge is 0.200 e. The molecule has 27 heavy (non-hydrogen) atoms. The molecular formula is C24H47N2O+. The summed E-state index contributed by atoms with van der Waals surface area (Å²) in [5, 5.41) is 10.2. The van der Waals surface area contributed by atoms with Crippen molar-refractivity contribution in [3.63, 3.8) is 0 Å². The predicted octanol–water partition coefficient (Wildman–Crippen LogP) is 6.61. The van der Waals surface area contributed by atoms with Crippen LogP contribution in [-0.2, 0) is 0 Å². The van der Waals surface area contributed by atoms with Crippen molar-refractivity contribution in [1.82, 2.24) is 0 Å². The highest BCUT2D eigenvalue weighted by atomic mass is 16.3. The minimum absolute atomic E-state index is 0.324. The first-order valence-corrected chi connectivity index (χ1v) is 11.9. The van der Waals surface area contributed by atoms with Crippen LogP contribution in [0.4, 0.5) is 0 Å². The molecule has 0 saturated heterocycles. The molecule has 1 rings (SSSR count). The van der Waals surface area contributed by atoms with E-state index in [1.807, 2.05) is 6.92 Å². The third kappa shape index (κ3) is 9.38. The van der Waals surface area contributed by atoms with E-state index in [1.165, 1.54) is 89.3 Å². The zero-order valence-corrected chi connectivity index (χ0v) is 18.6. The van der Waals surface area contributed by atoms with Gasteiger partial charge in [0, 0.05) is 13.3 Å². The molecule has 2 atom stereocenters. The number of hydrogen-bond donors (Lipinski definition) is 1. The van der Waals surface area contributed by atoms with E-state index in [9.17, 15) is 5.11 Å². The van der Waals surface area contributed by atoms with Crippen molar-refractivity contribution in [2.75, 3.05) is 19.6 Å². The third-order valence-corrected chi connectivity index (χ3v) is 6.25. The number of aliphatic hydroxyl groups is 1. The molecule has 1 aliphatic rings. The number of unbranched alkanes of at least 4 members (excludes halogenated alkanes) is 11. The minimum atomic E-state index is -0.324. The van der Waals surface area contributed by atoms with E-state index in [1.54, 1.807) is 0 Å². The number of hydrogen-bond acceptors (Lipinski definition) is 2. The van der Waals surface area contributed by atoms with Gasteiger partial charge < -0.3 is 5.11 Å². The van der Waals surface area contributed by atoms with Gasteiger partial charge in [-0.15, -0.1) is 0 Å². The molecule has 158 valence electrons. The molecular weight excluding hydrogens is 332 g/mol. The highest BCUT2D eigenvalue weighted by Gasteiger charge is 2.40. The van der Waals surface area contributed by atoms with E-state index in [-0.39, 0.29) is 6.23 Å². The first kappa shape index (κ1) is 24.4. The Bertz CT molecular complexity index is 417. The molecule has 0 fully saturated rings. The van der Waals surface area contributed by atoms with Gasteiger partial charge in [0.05, 0.1) is 13.1 Å². The number of nitrogens with zero attached hydrogens (tertiary/aromatic N) is 2. The molecule has 0 aromatic heterocycles. The molecule has 1 aliphatic heterocycles. The second-order valence-corrected chi connectivity index (χ2v) is 8.34. The molecule has 2 unspecified atom stereocenters. The second-order valence-electron chi connectivity index (χ2n) is 8.34. The van der Waals surface area contributed by atoms with E-state index in [0.29, 0.717) is 4.48 Å². The van der Waals surface area contributed by atoms with Crippen LogP contribution in [0.2, 0.25) is 0 Å². The van der Waals surface area contributed by atoms with Crippen LogP contribution in [0.5, 0.6) is 0 Å². The second kappa shape index (κ2) is 15.3. The van der Waals surface area contributed by atoms with Crippen LogP contribution in [0.3, 0.4) is 0 Å². The summed E-state index contributed by atoms with van der Waals surface area (Å²) >= 11 is 0. The fourth-order valence-corrected chi connectivity index (χ4v) is 4.29. The fraction of sp³-hybridized carbons (Fsp3) is 0.875. The Kier molecular flexibility index (Phi) is 13.8. The lowest BCUT2D eigenvalue weighted by Gasteiger charge is -2.36. The number of rotatable bonds is 17. The van der Waals surface area contributed by atoms with Gasteiger partial charge in [-0.05, 0) is 39.0 Å². The molecule has 1 heterocycles. The largest absolute Gasteiger partial charge is 0.345 e. The number of amidine groups is 1. The minimum Gasteiger partial charge on any atom is -0.345 e. The maximum atomic E-state index is 10.2. The molecule has 0 aromatic rings. The third-order valence-electron chi connectivity index (χ3n) is 6.25. The van der Waals surface area contributed by atoms with Crippen LogP contribution in [-0.4, -0.2) is 41.3 Å². The van der Waals surface area contributed by atoms with Gasteiger partial charge in [0.15, 0.2) is 6.23 Å². The number of allylic oxidation sites excluding steroid dienone is 2. The summed E-state index contributed by atoms with van der Waals surface area (Å²) in [7, 11) is 0. The Hall–Kier alpha value is -0.670. The van der Waals surface area contributed by atoms with Crippen molar-refractivity contribution >= 4 is 5.84 Å². The summed E-state index contributed by atoms with van der Waals surface area (Å²) in [6.45, 7) is 9.19. The maximum absolute atomic E-state index is 10.2. The monoisotopic (exact) mass is 379 g/mol. The molecule has 0 bridgehead atoms. The van der Waals surface area contributed by atoms with Crippen LogP contribution in [0, 0.1) is 0 Å². The molecule has 0 radical (unpaired) electrons. The number of likely N-dealkylation sites (N-methyl/N-ethyl adjacent to an activating group) is 1. The van der Waals surface area contributed by atoms with E-state index in [0.717, 1.165) is 26.1 Å². The summed E-state index contributed by atoms with van der Waals surface area (Å²) in [5.41, 5.74) is 0. The van der Waals surface area contributed by atoms with Gasteiger partial charge in [-0.2, -0.15) is 0 Å². The van der Waals surface area contributed by atoms with Crippen molar-refractivity contribution in [2.45, 2.75) is 117 Å². The number of quaternary nitrogens is 1. The summed E-state index contributed by atoms with van der Waals surface area (Å²) in [6, 6.07) is 0. The normalized spacial score (nSPS) is 21.1. The van der Waals surface area contributed by atoms with Gasteiger partial charge in [0.2, 0.25) is 5.84 Å². The summed E-state index contributed by atoms with van der Waals surface area (Å²) in [6.07, 6.45) is 23.0. The summed E-state index contributed by atoms with van der Waals surface area (Å²) < 4.78 is 0.707. The van der Waals surface area contributed by atoms with Crippen molar-refractivity contribution in [3.8, 4) is 0 Å². The van der Waals surface area contributed by atoms with Crippen LogP contribution in [0.15, 0.2) is 17.1 Å². The Labute approximate surface area is 169 Å². The zero-order valence-electron chi connectivity index (χ0n) is 18.6. The lowest BCUT2D eigenvalue weighted by Crippen LogP contribution is -2.56. The van der Waals surface area contributed by atoms with Gasteiger partial charge in [0.1, 0.15) is 6.54 Å². The van der Waals surface area contributed by atoms with Crippen LogP contribution >= 0.6 is 0 Å². The molecule has 3 heteroatoms. The van der Waals surface area contributed by atoms with Gasteiger partial charge in [-0.3, -0.25) is 4.48 Å². The van der Waals surface area contributed by atoms with Crippen molar-refractivity contribution < 1.29 is 9.59 Å². The average molecular weight is 380 g/mol. The van der Waals surface area contributed by atoms with E-state index < -0.39 is 0 Å². The molecule has 3 nitrogen and oxygen atoms in total. The lowest BCUT2D eigenvalue weighted by molar-refractivity contribution is -0.882. The zero-order chi connectivity index (χ0) is 19.8. The SMILES string of the molecule is CCCCCCCCCC/C=C/CCCCCC1=NCC[N+]1(CC)C(C)O. The number of aliphatic imine (C=N–C) groups is 1. The number of aliphatic hydroxyl groups excluding tert-OH is 1. The molecule has 0 aliphatic carbocycles. The first-order valence-electron chi connectivity index (χ1n) is 11.9. The molecule has 0 spiro atoms. The molecule has 0 amide bonds. The average Bonchev–Trinajstić information content (AvgIpc) is 3.09. The topological polar surface area (TPSA) is 32.6 Å². The highest BCUT2D eigenvalue weighted by Crippen LogP contribution is 2.22. The molecule has 0 aromatic carbocycles. The quantitative estimate of drug-likeness (QED) is 0.172. The Balaban J connectivity index is 1.96. The summed E-state index contributed by atoms with van der Waals surface area (Å²) in [5.74, 6) is 1.23. The van der Waals surface area contributed by atoms with Crippen LogP contribution in [0.1, 0.15) is 111 Å². The standard InChI is InChI=1S/C24H47N2O/c1-4-6-7-8-9-10-11-12-13-14-15-16-17-18-19-20-24-25-21-22-26(24,5-2)23(3)27/h14-15,23,27H,4-13,16-22H2,1-3H3/q+1/b15-14+. The van der Waals surface area contributed by atoms with E-state index in [4.69, 9.17) is 4.99 Å². The van der Waals surface area contributed by atoms with E-state index >= 15 is 0 Å². The van der Waals surface area contributed by atoms with Crippen molar-refractivity contribution in [3.05, 3.63) is 12.2 Å². The Morgan fingerprint density at radius 3 is 2.00 bits per heavy atom. The lowest BCUT2D eigenvalue weighted by atomic mass is 10.1. The molecule has 0 saturated carbocycles. The fourth-order valence-electron chi connectivity index (χ4n) is 4.29. The summed E-state index contributed by atoms with van der Waals surface area (Å²) in [4.78, 5) is 4.70. The van der Waals surface area contributed by atoms with Gasteiger partial charge in [0.25, 0.3) is 0 Å². The van der Waals surface area contributed by atoms with Crippen LogP contribution < -0.4 is 0 Å². The van der Waals surface area contributed by atoms with Crippen molar-refractivity contribution in [1.29, 1.82) is 0 Å². The van der Waals surface area contributed by atoms with Crippen LogP contribution in [0.25, 0.3) is 0 Å². The van der Waals surface area contributed by atoms with Crippen molar-refractivity contribution in [2.24, 2.45) is 4.99 Å². The van der Waals surface area contributed by atoms with Gasteiger partial charge in [-0.1, -0.05) is 70.4 Å². The van der Waals surface area contributed by atoms with Gasteiger partial charge in [-0.25, -0.2) is 4.99 Å². The predicted molar refractivity (Wildman–Crippen MR) is 119 cm³/mol. The van der Waals surface area contributed by atoms with Gasteiger partial charge >= 0.3 is 0 Å². The van der Waals surface area contributed by atoms with E-state index in [2.05, 4.69) is 26.0 Å². The molecule has 1 N–H and O–H groups in total. The Morgan fingerprint density at radius 1 is 0.889 bits per heavy atom. The highest BCUT2D eigenvalue weighted by molar-refractivity contribution is 5.76. The first-order chi connectivity index (χ1) is 13.2. The Morgan fingerprint density at radius 2 is 1.44 bits per heavy atom. The maximum Gasteiger partial charge on any atom is 0.200 e.